The first-order valence-electron chi connectivity index (χ1n) is 10.0. The van der Waals surface area contributed by atoms with Crippen molar-refractivity contribution in [1.29, 1.82) is 0 Å². The highest BCUT2D eigenvalue weighted by molar-refractivity contribution is 7.71. The van der Waals surface area contributed by atoms with E-state index in [0.29, 0.717) is 33.7 Å². The number of H-pyrrole nitrogens is 1. The standard InChI is InChI=1S/C21H22N6O3S2/c1-3-9-27-18(25-26-21(27)31)17-12(2)22-20(32-17)24-16(28)11-30-15-6-4-5-14(10-15)23-19(29)13-7-8-13/h3-6,10,13H,1,7-9,11H2,2H3,(H,23,29)(H,26,31)(H,22,24,28). The lowest BCUT2D eigenvalue weighted by molar-refractivity contribution is -0.118. The van der Waals surface area contributed by atoms with Crippen LogP contribution in [0.2, 0.25) is 0 Å². The third-order valence-corrected chi connectivity index (χ3v) is 6.12. The molecule has 4 rings (SSSR count). The quantitative estimate of drug-likeness (QED) is 0.323. The van der Waals surface area contributed by atoms with Crippen molar-refractivity contribution in [3.8, 4) is 16.5 Å². The number of nitrogens with zero attached hydrogens (tertiary/aromatic N) is 3. The summed E-state index contributed by atoms with van der Waals surface area (Å²) in [5.74, 6) is 0.922. The Balaban J connectivity index is 1.37. The molecule has 0 unspecified atom stereocenters. The Morgan fingerprint density at radius 2 is 2.22 bits per heavy atom. The number of allylic oxidation sites excluding steroid dienone is 1. The summed E-state index contributed by atoms with van der Waals surface area (Å²) in [7, 11) is 0. The number of hydrogen-bond donors (Lipinski definition) is 3. The van der Waals surface area contributed by atoms with Crippen LogP contribution >= 0.6 is 23.6 Å². The van der Waals surface area contributed by atoms with E-state index in [2.05, 4.69) is 32.4 Å². The molecule has 1 aromatic carbocycles. The van der Waals surface area contributed by atoms with Crippen LogP contribution in [0.15, 0.2) is 36.9 Å². The van der Waals surface area contributed by atoms with E-state index in [1.807, 2.05) is 11.5 Å². The van der Waals surface area contributed by atoms with Crippen molar-refractivity contribution in [2.75, 3.05) is 17.2 Å². The first-order chi connectivity index (χ1) is 15.4. The number of aromatic amines is 1. The van der Waals surface area contributed by atoms with Gasteiger partial charge >= 0.3 is 0 Å². The Morgan fingerprint density at radius 3 is 2.97 bits per heavy atom. The highest BCUT2D eigenvalue weighted by Crippen LogP contribution is 2.32. The maximum Gasteiger partial charge on any atom is 0.264 e. The molecule has 0 atom stereocenters. The molecule has 0 saturated heterocycles. The maximum atomic E-state index is 12.4. The molecule has 0 bridgehead atoms. The topological polar surface area (TPSA) is 114 Å². The van der Waals surface area contributed by atoms with Crippen molar-refractivity contribution < 1.29 is 14.3 Å². The molecule has 1 aliphatic rings. The molecule has 11 heteroatoms. The molecule has 2 heterocycles. The zero-order valence-corrected chi connectivity index (χ0v) is 19.0. The first kappa shape index (κ1) is 21.9. The number of rotatable bonds is 9. The van der Waals surface area contributed by atoms with Gasteiger partial charge in [-0.3, -0.25) is 24.6 Å². The van der Waals surface area contributed by atoms with Crippen molar-refractivity contribution >= 4 is 46.2 Å². The summed E-state index contributed by atoms with van der Waals surface area (Å²) in [4.78, 5) is 29.5. The molecule has 3 N–H and O–H groups in total. The molecule has 1 aliphatic carbocycles. The average molecular weight is 471 g/mol. The fourth-order valence-corrected chi connectivity index (χ4v) is 4.19. The number of hydrogen-bond acceptors (Lipinski definition) is 7. The Morgan fingerprint density at radius 1 is 1.41 bits per heavy atom. The second-order valence-corrected chi connectivity index (χ2v) is 8.70. The van der Waals surface area contributed by atoms with Crippen LogP contribution in [-0.4, -0.2) is 38.2 Å². The fourth-order valence-electron chi connectivity index (χ4n) is 3.00. The van der Waals surface area contributed by atoms with Crippen LogP contribution < -0.4 is 15.4 Å². The van der Waals surface area contributed by atoms with E-state index < -0.39 is 0 Å². The highest BCUT2D eigenvalue weighted by atomic mass is 32.1. The molecule has 2 aromatic heterocycles. The van der Waals surface area contributed by atoms with Gasteiger partial charge in [0.05, 0.1) is 10.6 Å². The van der Waals surface area contributed by atoms with Gasteiger partial charge in [-0.25, -0.2) is 4.98 Å². The Hall–Kier alpha value is -3.31. The molecule has 1 fully saturated rings. The lowest BCUT2D eigenvalue weighted by atomic mass is 10.3. The van der Waals surface area contributed by atoms with Gasteiger partial charge in [0.1, 0.15) is 5.75 Å². The first-order valence-corrected chi connectivity index (χ1v) is 11.2. The predicted octanol–water partition coefficient (Wildman–Crippen LogP) is 3.92. The Bertz CT molecular complexity index is 1220. The molecular formula is C21H22N6O3S2. The number of carbonyl (C=O) groups excluding carboxylic acids is 2. The van der Waals surface area contributed by atoms with E-state index in [1.165, 1.54) is 11.3 Å². The van der Waals surface area contributed by atoms with E-state index in [1.54, 1.807) is 30.3 Å². The van der Waals surface area contributed by atoms with Crippen molar-refractivity contribution in [2.24, 2.45) is 5.92 Å². The predicted molar refractivity (Wildman–Crippen MR) is 125 cm³/mol. The monoisotopic (exact) mass is 470 g/mol. The van der Waals surface area contributed by atoms with Gasteiger partial charge in [-0.05, 0) is 44.1 Å². The van der Waals surface area contributed by atoms with Crippen LogP contribution in [0.25, 0.3) is 10.7 Å². The van der Waals surface area contributed by atoms with Crippen molar-refractivity contribution in [1.82, 2.24) is 19.7 Å². The number of carbonyl (C=O) groups is 2. The van der Waals surface area contributed by atoms with Crippen LogP contribution in [0.5, 0.6) is 5.75 Å². The van der Waals surface area contributed by atoms with Gasteiger partial charge in [-0.2, -0.15) is 5.10 Å². The summed E-state index contributed by atoms with van der Waals surface area (Å²) in [5.41, 5.74) is 1.37. The summed E-state index contributed by atoms with van der Waals surface area (Å²) in [6.45, 7) is 5.90. The minimum Gasteiger partial charge on any atom is -0.484 e. The molecule has 3 aromatic rings. The lowest BCUT2D eigenvalue weighted by Gasteiger charge is -2.08. The highest BCUT2D eigenvalue weighted by Gasteiger charge is 2.29. The van der Waals surface area contributed by atoms with Crippen LogP contribution in [-0.2, 0) is 16.1 Å². The molecule has 166 valence electrons. The summed E-state index contributed by atoms with van der Waals surface area (Å²) in [6, 6.07) is 6.98. The van der Waals surface area contributed by atoms with Gasteiger partial charge in [0.15, 0.2) is 22.3 Å². The second-order valence-electron chi connectivity index (χ2n) is 7.31. The lowest BCUT2D eigenvalue weighted by Crippen LogP contribution is -2.20. The number of ether oxygens (including phenoxy) is 1. The number of thiazole rings is 1. The third kappa shape index (κ3) is 5.11. The van der Waals surface area contributed by atoms with E-state index >= 15 is 0 Å². The molecule has 1 saturated carbocycles. The third-order valence-electron chi connectivity index (χ3n) is 4.74. The van der Waals surface area contributed by atoms with E-state index in [9.17, 15) is 9.59 Å². The summed E-state index contributed by atoms with van der Waals surface area (Å²) < 4.78 is 7.88. The minimum atomic E-state index is -0.345. The summed E-state index contributed by atoms with van der Waals surface area (Å²) in [6.07, 6.45) is 3.60. The van der Waals surface area contributed by atoms with Crippen LogP contribution in [0, 0.1) is 17.6 Å². The zero-order valence-electron chi connectivity index (χ0n) is 17.4. The molecule has 9 nitrogen and oxygen atoms in total. The normalized spacial score (nSPS) is 12.9. The van der Waals surface area contributed by atoms with E-state index in [0.717, 1.165) is 23.4 Å². The van der Waals surface area contributed by atoms with Gasteiger partial charge in [0.2, 0.25) is 5.91 Å². The fraction of sp³-hybridized carbons (Fsp3) is 0.286. The number of nitrogens with one attached hydrogen (secondary N) is 3. The average Bonchev–Trinajstić information content (AvgIpc) is 3.48. The van der Waals surface area contributed by atoms with Crippen LogP contribution in [0.3, 0.4) is 0 Å². The molecule has 0 radical (unpaired) electrons. The number of anilines is 2. The Kier molecular flexibility index (Phi) is 6.47. The molecule has 0 aliphatic heterocycles. The van der Waals surface area contributed by atoms with Gasteiger partial charge < -0.3 is 10.1 Å². The maximum absolute atomic E-state index is 12.4. The molecule has 2 amide bonds. The van der Waals surface area contributed by atoms with Gasteiger partial charge in [0.25, 0.3) is 5.91 Å². The number of amides is 2. The largest absolute Gasteiger partial charge is 0.484 e. The van der Waals surface area contributed by atoms with E-state index in [-0.39, 0.29) is 24.3 Å². The molecular weight excluding hydrogens is 448 g/mol. The van der Waals surface area contributed by atoms with Crippen molar-refractivity contribution in [2.45, 2.75) is 26.3 Å². The van der Waals surface area contributed by atoms with Gasteiger partial charge in [0, 0.05) is 24.2 Å². The van der Waals surface area contributed by atoms with Gasteiger partial charge in [-0.1, -0.05) is 23.5 Å². The molecule has 32 heavy (non-hydrogen) atoms. The number of benzene rings is 1. The molecule has 0 spiro atoms. The van der Waals surface area contributed by atoms with Crippen molar-refractivity contribution in [3.63, 3.8) is 0 Å². The number of aryl methyl sites for hydroxylation is 1. The number of aromatic nitrogens is 4. The second kappa shape index (κ2) is 9.45. The van der Waals surface area contributed by atoms with Crippen molar-refractivity contribution in [3.05, 3.63) is 47.4 Å². The van der Waals surface area contributed by atoms with Gasteiger partial charge in [-0.15, -0.1) is 6.58 Å². The zero-order chi connectivity index (χ0) is 22.7. The van der Waals surface area contributed by atoms with Crippen LogP contribution in [0.1, 0.15) is 18.5 Å². The SMILES string of the molecule is C=CCn1c(-c2sc(NC(=O)COc3cccc(NC(=O)C4CC4)c3)nc2C)n[nH]c1=S. The Labute approximate surface area is 193 Å². The van der Waals surface area contributed by atoms with E-state index in [4.69, 9.17) is 17.0 Å². The summed E-state index contributed by atoms with van der Waals surface area (Å²) in [5, 5.41) is 13.1. The minimum absolute atomic E-state index is 0.0179. The smallest absolute Gasteiger partial charge is 0.264 e. The van der Waals surface area contributed by atoms with Crippen LogP contribution in [0.4, 0.5) is 10.8 Å². The summed E-state index contributed by atoms with van der Waals surface area (Å²) >= 11 is 6.56.